The highest BCUT2D eigenvalue weighted by Gasteiger charge is 2.12. The van der Waals surface area contributed by atoms with Gasteiger partial charge in [0.15, 0.2) is 5.82 Å². The molecule has 0 aliphatic carbocycles. The molecule has 0 radical (unpaired) electrons. The maximum Gasteiger partial charge on any atom is 0.216 e. The molecule has 0 amide bonds. The standard InChI is InChI=1S/C19H23N5O2/c1-23(12-15-10-21-24(2)13-15)11-14-5-6-17(25-3)16(9-14)19-20-8-7-18(22-19)26-4/h5-10,13H,11-12H2,1-4H3. The summed E-state index contributed by atoms with van der Waals surface area (Å²) in [5.41, 5.74) is 3.18. The molecule has 0 spiro atoms. The number of methoxy groups -OCH3 is 2. The second-order valence-corrected chi connectivity index (χ2v) is 6.15. The average Bonchev–Trinajstić information content (AvgIpc) is 3.06. The van der Waals surface area contributed by atoms with E-state index in [1.807, 2.05) is 30.2 Å². The Kier molecular flexibility index (Phi) is 5.48. The van der Waals surface area contributed by atoms with Crippen LogP contribution in [0.4, 0.5) is 0 Å². The van der Waals surface area contributed by atoms with Crippen LogP contribution in [0.25, 0.3) is 11.4 Å². The minimum atomic E-state index is 0.524. The average molecular weight is 353 g/mol. The van der Waals surface area contributed by atoms with Gasteiger partial charge in [-0.2, -0.15) is 10.1 Å². The summed E-state index contributed by atoms with van der Waals surface area (Å²) in [6, 6.07) is 7.79. The fourth-order valence-corrected chi connectivity index (χ4v) is 2.85. The molecule has 0 bridgehead atoms. The second-order valence-electron chi connectivity index (χ2n) is 6.15. The van der Waals surface area contributed by atoms with E-state index in [0.717, 1.165) is 30.0 Å². The first-order chi connectivity index (χ1) is 12.6. The quantitative estimate of drug-likeness (QED) is 0.650. The Labute approximate surface area is 153 Å². The molecule has 0 atom stereocenters. The molecule has 2 aromatic heterocycles. The first-order valence-electron chi connectivity index (χ1n) is 8.29. The lowest BCUT2D eigenvalue weighted by Crippen LogP contribution is -2.17. The number of ether oxygens (including phenoxy) is 2. The molecule has 0 aliphatic rings. The molecule has 136 valence electrons. The highest BCUT2D eigenvalue weighted by Crippen LogP contribution is 2.29. The first kappa shape index (κ1) is 17.9. The molecule has 26 heavy (non-hydrogen) atoms. The van der Waals surface area contributed by atoms with Crippen LogP contribution in [0.5, 0.6) is 11.6 Å². The van der Waals surface area contributed by atoms with Crippen LogP contribution in [-0.2, 0) is 20.1 Å². The largest absolute Gasteiger partial charge is 0.496 e. The van der Waals surface area contributed by atoms with E-state index in [-0.39, 0.29) is 0 Å². The Morgan fingerprint density at radius 2 is 1.88 bits per heavy atom. The fourth-order valence-electron chi connectivity index (χ4n) is 2.85. The molecule has 1 aromatic carbocycles. The summed E-state index contributed by atoms with van der Waals surface area (Å²) in [5, 5.41) is 4.21. The Morgan fingerprint density at radius 3 is 2.58 bits per heavy atom. The van der Waals surface area contributed by atoms with Gasteiger partial charge in [0.25, 0.3) is 0 Å². The summed E-state index contributed by atoms with van der Waals surface area (Å²) >= 11 is 0. The van der Waals surface area contributed by atoms with Gasteiger partial charge in [0.05, 0.1) is 26.0 Å². The third kappa shape index (κ3) is 4.18. The van der Waals surface area contributed by atoms with Gasteiger partial charge in [-0.05, 0) is 24.7 Å². The molecule has 7 heteroatoms. The Bertz CT molecular complexity index is 878. The van der Waals surface area contributed by atoms with Crippen LogP contribution in [0.2, 0.25) is 0 Å². The van der Waals surface area contributed by atoms with Gasteiger partial charge in [-0.15, -0.1) is 0 Å². The van der Waals surface area contributed by atoms with Crippen molar-refractivity contribution >= 4 is 0 Å². The maximum atomic E-state index is 5.49. The summed E-state index contributed by atoms with van der Waals surface area (Å²) in [4.78, 5) is 11.0. The van der Waals surface area contributed by atoms with Gasteiger partial charge in [-0.1, -0.05) is 6.07 Å². The monoisotopic (exact) mass is 353 g/mol. The highest BCUT2D eigenvalue weighted by molar-refractivity contribution is 5.65. The molecule has 0 saturated carbocycles. The molecule has 0 unspecified atom stereocenters. The maximum absolute atomic E-state index is 5.49. The second kappa shape index (κ2) is 7.97. The Morgan fingerprint density at radius 1 is 1.08 bits per heavy atom. The van der Waals surface area contributed by atoms with E-state index in [4.69, 9.17) is 9.47 Å². The predicted molar refractivity (Wildman–Crippen MR) is 99.0 cm³/mol. The fraction of sp³-hybridized carbons (Fsp3) is 0.316. The number of rotatable bonds is 7. The van der Waals surface area contributed by atoms with Crippen molar-refractivity contribution in [2.45, 2.75) is 13.1 Å². The summed E-state index contributed by atoms with van der Waals surface area (Å²) < 4.78 is 12.5. The van der Waals surface area contributed by atoms with Gasteiger partial charge in [-0.25, -0.2) is 4.98 Å². The van der Waals surface area contributed by atoms with Crippen molar-refractivity contribution in [3.63, 3.8) is 0 Å². The van der Waals surface area contributed by atoms with E-state index in [1.54, 1.807) is 26.5 Å². The lowest BCUT2D eigenvalue weighted by atomic mass is 10.1. The van der Waals surface area contributed by atoms with Crippen molar-refractivity contribution in [1.29, 1.82) is 0 Å². The molecule has 0 N–H and O–H groups in total. The van der Waals surface area contributed by atoms with E-state index < -0.39 is 0 Å². The highest BCUT2D eigenvalue weighted by atomic mass is 16.5. The summed E-state index contributed by atoms with van der Waals surface area (Å²) in [7, 11) is 7.24. The Balaban J connectivity index is 1.82. The van der Waals surface area contributed by atoms with Crippen molar-refractivity contribution in [2.24, 2.45) is 7.05 Å². The predicted octanol–water partition coefficient (Wildman–Crippen LogP) is 2.53. The van der Waals surface area contributed by atoms with Gasteiger partial charge < -0.3 is 9.47 Å². The summed E-state index contributed by atoms with van der Waals surface area (Å²) in [6.45, 7) is 1.61. The van der Waals surface area contributed by atoms with Crippen molar-refractivity contribution in [3.05, 3.63) is 54.0 Å². The molecular formula is C19H23N5O2. The topological polar surface area (TPSA) is 65.3 Å². The van der Waals surface area contributed by atoms with Crippen molar-refractivity contribution < 1.29 is 9.47 Å². The lowest BCUT2D eigenvalue weighted by molar-refractivity contribution is 0.319. The minimum Gasteiger partial charge on any atom is -0.496 e. The minimum absolute atomic E-state index is 0.524. The zero-order valence-corrected chi connectivity index (χ0v) is 15.5. The van der Waals surface area contributed by atoms with Crippen molar-refractivity contribution in [2.75, 3.05) is 21.3 Å². The van der Waals surface area contributed by atoms with Crippen molar-refractivity contribution in [1.82, 2.24) is 24.6 Å². The lowest BCUT2D eigenvalue weighted by Gasteiger charge is -2.17. The summed E-state index contributed by atoms with van der Waals surface area (Å²) in [5.74, 6) is 1.84. The number of hydrogen-bond acceptors (Lipinski definition) is 6. The molecule has 2 heterocycles. The van der Waals surface area contributed by atoms with Crippen LogP contribution in [-0.4, -0.2) is 45.9 Å². The molecular weight excluding hydrogens is 330 g/mol. The van der Waals surface area contributed by atoms with Crippen LogP contribution in [0.1, 0.15) is 11.1 Å². The molecule has 0 fully saturated rings. The third-order valence-corrected chi connectivity index (χ3v) is 4.01. The molecule has 7 nitrogen and oxygen atoms in total. The van der Waals surface area contributed by atoms with Crippen LogP contribution in [0.3, 0.4) is 0 Å². The normalized spacial score (nSPS) is 11.0. The number of aromatic nitrogens is 4. The Hall–Kier alpha value is -2.93. The first-order valence-corrected chi connectivity index (χ1v) is 8.29. The van der Waals surface area contributed by atoms with Crippen LogP contribution < -0.4 is 9.47 Å². The van der Waals surface area contributed by atoms with E-state index in [1.165, 1.54) is 5.56 Å². The zero-order chi connectivity index (χ0) is 18.5. The molecule has 0 aliphatic heterocycles. The van der Waals surface area contributed by atoms with Crippen LogP contribution >= 0.6 is 0 Å². The third-order valence-electron chi connectivity index (χ3n) is 4.01. The molecule has 3 rings (SSSR count). The van der Waals surface area contributed by atoms with Crippen molar-refractivity contribution in [3.8, 4) is 23.0 Å². The van der Waals surface area contributed by atoms with E-state index >= 15 is 0 Å². The smallest absolute Gasteiger partial charge is 0.216 e. The number of aryl methyl sites for hydroxylation is 1. The van der Waals surface area contributed by atoms with Crippen LogP contribution in [0, 0.1) is 0 Å². The van der Waals surface area contributed by atoms with Gasteiger partial charge in [0.2, 0.25) is 5.88 Å². The van der Waals surface area contributed by atoms with Gasteiger partial charge in [0, 0.05) is 44.2 Å². The van der Waals surface area contributed by atoms with Gasteiger partial charge in [0.1, 0.15) is 5.75 Å². The number of hydrogen-bond donors (Lipinski definition) is 0. The SMILES string of the molecule is COc1ccnc(-c2cc(CN(C)Cc3cnn(C)c3)ccc2OC)n1. The van der Waals surface area contributed by atoms with E-state index in [0.29, 0.717) is 11.7 Å². The molecule has 0 saturated heterocycles. The number of benzene rings is 1. The van der Waals surface area contributed by atoms with Gasteiger partial charge in [-0.3, -0.25) is 9.58 Å². The van der Waals surface area contributed by atoms with Crippen LogP contribution in [0.15, 0.2) is 42.9 Å². The van der Waals surface area contributed by atoms with E-state index in [9.17, 15) is 0 Å². The zero-order valence-electron chi connectivity index (χ0n) is 15.5. The summed E-state index contributed by atoms with van der Waals surface area (Å²) in [6.07, 6.45) is 5.60. The number of nitrogens with zero attached hydrogens (tertiary/aromatic N) is 5. The van der Waals surface area contributed by atoms with E-state index in [2.05, 4.69) is 39.1 Å². The molecule has 3 aromatic rings. The van der Waals surface area contributed by atoms with Gasteiger partial charge >= 0.3 is 0 Å².